The van der Waals surface area contributed by atoms with Crippen LogP contribution in [0.2, 0.25) is 0 Å². The zero-order valence-electron chi connectivity index (χ0n) is 16.0. The van der Waals surface area contributed by atoms with Gasteiger partial charge in [0.25, 0.3) is 0 Å². The Kier molecular flexibility index (Phi) is 12.1. The topological polar surface area (TPSA) is 0 Å². The van der Waals surface area contributed by atoms with Crippen molar-refractivity contribution in [1.29, 1.82) is 0 Å². The quantitative estimate of drug-likeness (QED) is 0.205. The van der Waals surface area contributed by atoms with Gasteiger partial charge < -0.3 is 0 Å². The van der Waals surface area contributed by atoms with Crippen LogP contribution >= 0.6 is 21.4 Å². The van der Waals surface area contributed by atoms with Crippen LogP contribution in [-0.4, -0.2) is 15.5 Å². The Labute approximate surface area is 158 Å². The third-order valence-electron chi connectivity index (χ3n) is 2.88. The van der Waals surface area contributed by atoms with Crippen LogP contribution in [0.25, 0.3) is 0 Å². The second-order valence-electron chi connectivity index (χ2n) is 8.39. The average Bonchev–Trinajstić information content (AvgIpc) is 2.27. The third-order valence-corrected chi connectivity index (χ3v) is 6.90. The molecule has 3 heteroatoms. The van der Waals surface area contributed by atoms with Crippen molar-refractivity contribution in [2.45, 2.75) is 84.7 Å². The van der Waals surface area contributed by atoms with Crippen molar-refractivity contribution in [1.82, 2.24) is 0 Å². The second kappa shape index (κ2) is 10.6. The van der Waals surface area contributed by atoms with Gasteiger partial charge in [-0.05, 0) is 15.5 Å². The minimum atomic E-state index is 0.0162. The van der Waals surface area contributed by atoms with E-state index in [1.165, 1.54) is 5.56 Å². The molecule has 0 heterocycles. The number of hydrogen-bond acceptors (Lipinski definition) is 0. The Morgan fingerprint density at radius 3 is 1.27 bits per heavy atom. The first-order valence-corrected chi connectivity index (χ1v) is 12.5. The molecule has 0 fully saturated rings. The normalized spacial score (nSPS) is 12.1. The monoisotopic (exact) mass is 478 g/mol. The zero-order valence-corrected chi connectivity index (χ0v) is 20.0. The van der Waals surface area contributed by atoms with E-state index in [4.69, 9.17) is 0 Å². The fourth-order valence-electron chi connectivity index (χ4n) is 3.50. The summed E-state index contributed by atoms with van der Waals surface area (Å²) in [6, 6.07) is 10.9. The number of benzene rings is 1. The van der Waals surface area contributed by atoms with Crippen LogP contribution in [0.15, 0.2) is 24.3 Å². The predicted octanol–water partition coefficient (Wildman–Crippen LogP) is 7.50. The van der Waals surface area contributed by atoms with Crippen LogP contribution in [0.4, 0.5) is 0 Å². The van der Waals surface area contributed by atoms with E-state index >= 15 is 0 Å². The van der Waals surface area contributed by atoms with Gasteiger partial charge in [-0.2, -0.15) is 35.9 Å². The molecule has 0 bridgehead atoms. The van der Waals surface area contributed by atoms with Crippen molar-refractivity contribution in [3.63, 3.8) is 0 Å². The summed E-state index contributed by atoms with van der Waals surface area (Å²) in [5.41, 5.74) is 1.20. The van der Waals surface area contributed by atoms with Gasteiger partial charge in [-0.1, -0.05) is 77.2 Å². The Hall–Kier alpha value is 0.792. The minimum absolute atomic E-state index is 0.0162. The number of hydrogen-bond donors (Lipinski definition) is 0. The molecule has 0 N–H and O–H groups in total. The van der Waals surface area contributed by atoms with Crippen LogP contribution in [-0.2, 0) is 17.2 Å². The predicted molar refractivity (Wildman–Crippen MR) is 105 cm³/mol. The molecule has 0 saturated heterocycles. The first kappa shape index (κ1) is 25.0. The fourth-order valence-corrected chi connectivity index (χ4v) is 9.54. The summed E-state index contributed by atoms with van der Waals surface area (Å²) in [6.45, 7) is 23.5. The number of rotatable bonds is 0. The molecule has 0 aromatic heterocycles. The van der Waals surface area contributed by atoms with E-state index < -0.39 is 0 Å². The van der Waals surface area contributed by atoms with E-state index in [9.17, 15) is 0 Å². The van der Waals surface area contributed by atoms with E-state index in [1.54, 1.807) is 0 Å². The third kappa shape index (κ3) is 11.3. The summed E-state index contributed by atoms with van der Waals surface area (Å²) < 4.78 is 0. The van der Waals surface area contributed by atoms with Crippen molar-refractivity contribution in [3.05, 3.63) is 35.9 Å². The van der Waals surface area contributed by atoms with E-state index in [1.807, 2.05) is 31.2 Å². The molecule has 0 aliphatic carbocycles. The van der Waals surface area contributed by atoms with Gasteiger partial charge >= 0.3 is 30.6 Å². The van der Waals surface area contributed by atoms with Gasteiger partial charge in [0.05, 0.1) is 0 Å². The molecule has 0 saturated carbocycles. The van der Waals surface area contributed by atoms with E-state index in [0.29, 0.717) is 15.5 Å². The Balaban J connectivity index is 0. The molecule has 0 amide bonds. The van der Waals surface area contributed by atoms with Gasteiger partial charge in [-0.3, -0.25) is 0 Å². The average molecular weight is 480 g/mol. The SMILES string of the molecule is CC(C)(C)P(C(C)(C)C)C(C)(C)C.Cc1[c-]cccc1.[Br][Pd+]. The molecule has 132 valence electrons. The first-order chi connectivity index (χ1) is 9.76. The maximum atomic E-state index is 3.03. The summed E-state index contributed by atoms with van der Waals surface area (Å²) in [4.78, 5) is 0. The molecule has 0 radical (unpaired) electrons. The molecule has 0 aliphatic rings. The van der Waals surface area contributed by atoms with Crippen LogP contribution in [0.5, 0.6) is 0 Å². The van der Waals surface area contributed by atoms with Gasteiger partial charge in [-0.15, -0.1) is 0 Å². The Morgan fingerprint density at radius 2 is 1.18 bits per heavy atom. The van der Waals surface area contributed by atoms with Crippen molar-refractivity contribution in [2.24, 2.45) is 0 Å². The number of aryl methyl sites for hydroxylation is 1. The summed E-state index contributed by atoms with van der Waals surface area (Å²) in [5, 5.41) is 1.35. The standard InChI is InChI=1S/C12H27P.C7H7.BrH.Pd/c1-10(2,3)13(11(4,5)6)12(7,8)9;1-7-5-3-2-4-6-7;;/h1-9H3;2-5H,1H3;1H;/q;-1;;+2/p-1. The molecular formula is C19H34BrPPd. The van der Waals surface area contributed by atoms with Gasteiger partial charge in [0, 0.05) is 0 Å². The van der Waals surface area contributed by atoms with Gasteiger partial charge in [0.2, 0.25) is 0 Å². The van der Waals surface area contributed by atoms with Crippen molar-refractivity contribution >= 4 is 21.4 Å². The Bertz CT molecular complexity index is 349. The molecule has 0 atom stereocenters. The summed E-state index contributed by atoms with van der Waals surface area (Å²) >= 11 is 5.35. The van der Waals surface area contributed by atoms with Crippen LogP contribution in [0.3, 0.4) is 0 Å². The molecular weight excluding hydrogens is 446 g/mol. The Morgan fingerprint density at radius 1 is 0.818 bits per heavy atom. The van der Waals surface area contributed by atoms with Crippen molar-refractivity contribution < 1.29 is 17.2 Å². The van der Waals surface area contributed by atoms with Gasteiger partial charge in [-0.25, -0.2) is 0 Å². The van der Waals surface area contributed by atoms with E-state index in [2.05, 4.69) is 99.0 Å². The second-order valence-corrected chi connectivity index (χ2v) is 13.1. The molecule has 22 heavy (non-hydrogen) atoms. The molecule has 0 unspecified atom stereocenters. The fraction of sp³-hybridized carbons (Fsp3) is 0.684. The zero-order chi connectivity index (χ0) is 18.2. The molecule has 1 rings (SSSR count). The van der Waals surface area contributed by atoms with Crippen molar-refractivity contribution in [3.8, 4) is 0 Å². The summed E-state index contributed by atoms with van der Waals surface area (Å²) in [5.74, 6) is 0. The van der Waals surface area contributed by atoms with Crippen LogP contribution in [0, 0.1) is 13.0 Å². The summed E-state index contributed by atoms with van der Waals surface area (Å²) in [7, 11) is 0.0162. The maximum absolute atomic E-state index is 3.03. The first-order valence-electron chi connectivity index (χ1n) is 7.62. The summed E-state index contributed by atoms with van der Waals surface area (Å²) in [6.07, 6.45) is 0. The molecule has 0 spiro atoms. The number of halogens is 1. The van der Waals surface area contributed by atoms with E-state index in [-0.39, 0.29) is 7.92 Å². The van der Waals surface area contributed by atoms with Crippen LogP contribution in [0.1, 0.15) is 67.9 Å². The molecule has 0 aliphatic heterocycles. The van der Waals surface area contributed by atoms with Gasteiger partial charge in [0.15, 0.2) is 0 Å². The van der Waals surface area contributed by atoms with E-state index in [0.717, 1.165) is 0 Å². The van der Waals surface area contributed by atoms with Crippen molar-refractivity contribution in [2.75, 3.05) is 0 Å². The van der Waals surface area contributed by atoms with Gasteiger partial charge in [0.1, 0.15) is 0 Å². The molecule has 1 aromatic carbocycles. The molecule has 1 aromatic rings. The van der Waals surface area contributed by atoms with Crippen LogP contribution < -0.4 is 0 Å². The molecule has 0 nitrogen and oxygen atoms in total.